The Labute approximate surface area is 464 Å². The zero-order chi connectivity index (χ0) is 52.1. The van der Waals surface area contributed by atoms with Crippen molar-refractivity contribution >= 4 is 105 Å². The zero-order valence-electron chi connectivity index (χ0n) is 41.5. The molecule has 4 atom stereocenters. The number of aromatic nitrogens is 2. The van der Waals surface area contributed by atoms with Gasteiger partial charge >= 0.3 is 62.7 Å². The van der Waals surface area contributed by atoms with Crippen molar-refractivity contribution in [2.75, 3.05) is 13.2 Å². The van der Waals surface area contributed by atoms with E-state index in [-0.39, 0.29) is 25.0 Å². The van der Waals surface area contributed by atoms with Gasteiger partial charge in [0.25, 0.3) is 5.91 Å². The first-order valence-corrected chi connectivity index (χ1v) is 37.3. The van der Waals surface area contributed by atoms with Crippen molar-refractivity contribution in [3.05, 3.63) is 208 Å². The van der Waals surface area contributed by atoms with Gasteiger partial charge in [-0.2, -0.15) is 0 Å². The number of aryl methyl sites for hydroxylation is 6. The Kier molecular flexibility index (Phi) is 17.7. The van der Waals surface area contributed by atoms with Gasteiger partial charge in [0.05, 0.1) is 22.4 Å². The maximum absolute atomic E-state index is 13.7. The number of halogens is 4. The molecule has 10 rings (SSSR count). The topological polar surface area (TPSA) is 103 Å². The number of para-hydroxylation sites is 2. The zero-order valence-corrected chi connectivity index (χ0v) is 49.5. The van der Waals surface area contributed by atoms with Crippen LogP contribution >= 0.6 is 53.2 Å². The van der Waals surface area contributed by atoms with Crippen molar-refractivity contribution < 1.29 is 41.9 Å². The van der Waals surface area contributed by atoms with E-state index in [2.05, 4.69) is 159 Å². The molecule has 2 aliphatic rings. The van der Waals surface area contributed by atoms with Crippen LogP contribution in [0.2, 0.25) is 0 Å². The Hall–Kier alpha value is -5.31. The fourth-order valence-electron chi connectivity index (χ4n) is 10.3. The predicted molar refractivity (Wildman–Crippen MR) is 308 cm³/mol. The first-order chi connectivity index (χ1) is 35.1. The molecule has 0 radical (unpaired) electrons. The Morgan fingerprint density at radius 2 is 1.03 bits per heavy atom. The number of nitrogens with zero attached hydrogens (tertiary/aromatic N) is 4. The Bertz CT molecular complexity index is 3330. The summed E-state index contributed by atoms with van der Waals surface area (Å²) >= 11 is 8.96. The fraction of sp³-hybridized carbons (Fsp3) is 0.220. The number of amides is 4. The summed E-state index contributed by atoms with van der Waals surface area (Å²) < 4.78 is 14.9. The van der Waals surface area contributed by atoms with Crippen LogP contribution < -0.4 is 13.3 Å². The minimum atomic E-state index is -0.614. The molecule has 6 aromatic carbocycles. The number of cyclic esters (lactones) is 2. The number of rotatable bonds is 9. The first kappa shape index (κ1) is 54.0. The summed E-state index contributed by atoms with van der Waals surface area (Å²) in [6, 6.07) is 43.3. The molecule has 4 amide bonds. The summed E-state index contributed by atoms with van der Waals surface area (Å²) in [5.74, 6) is -0.881. The number of ether oxygens (including phenoxy) is 2. The number of fused-ring (bicyclic) bond motifs is 2. The van der Waals surface area contributed by atoms with Crippen LogP contribution in [0.15, 0.2) is 152 Å². The van der Waals surface area contributed by atoms with E-state index in [9.17, 15) is 19.2 Å². The Morgan fingerprint density at radius 1 is 0.616 bits per heavy atom. The van der Waals surface area contributed by atoms with E-state index in [1.165, 1.54) is 49.3 Å². The monoisotopic (exact) mass is 1380 g/mol. The molecule has 4 heterocycles. The molecule has 376 valence electrons. The molecule has 2 saturated heterocycles. The average molecular weight is 1380 g/mol. The summed E-state index contributed by atoms with van der Waals surface area (Å²) in [5.41, 5.74) is 15.4. The molecular formula is C59H55BrI3N4O6-. The van der Waals surface area contributed by atoms with E-state index in [0.717, 1.165) is 55.4 Å². The number of imide groups is 2. The van der Waals surface area contributed by atoms with Crippen LogP contribution in [0, 0.1) is 41.5 Å². The predicted octanol–water partition coefficient (Wildman–Crippen LogP) is 12.2. The number of carbonyl (C=O) groups excluding carboxylic acids is 4. The molecule has 0 saturated carbocycles. The summed E-state index contributed by atoms with van der Waals surface area (Å²) in [7, 11) is 0. The molecule has 0 bridgehead atoms. The van der Waals surface area contributed by atoms with Crippen LogP contribution in [0.25, 0.3) is 39.3 Å². The Morgan fingerprint density at radius 3 is 1.53 bits per heavy atom. The molecule has 2 aromatic heterocycles. The summed E-state index contributed by atoms with van der Waals surface area (Å²) in [6.45, 7) is 15.1. The van der Waals surface area contributed by atoms with Crippen molar-refractivity contribution in [1.82, 2.24) is 18.9 Å². The normalized spacial score (nSPS) is 16.2. The van der Waals surface area contributed by atoms with Crippen LogP contribution in [0.5, 0.6) is 0 Å². The van der Waals surface area contributed by atoms with Gasteiger partial charge in [0, 0.05) is 40.7 Å². The van der Waals surface area contributed by atoms with E-state index < -0.39 is 35.0 Å². The summed E-state index contributed by atoms with van der Waals surface area (Å²) in [4.78, 5) is 53.6. The van der Waals surface area contributed by atoms with Crippen LogP contribution in [0.3, 0.4) is 0 Å². The number of hydrogen-bond acceptors (Lipinski definition) is 6. The van der Waals surface area contributed by atoms with E-state index in [0.29, 0.717) is 13.3 Å². The molecule has 73 heavy (non-hydrogen) atoms. The van der Waals surface area contributed by atoms with Gasteiger partial charge in [-0.3, -0.25) is 9.59 Å². The van der Waals surface area contributed by atoms with Crippen molar-refractivity contribution in [3.63, 3.8) is 0 Å². The molecule has 8 aromatic rings. The fourth-order valence-corrected chi connectivity index (χ4v) is 10.8. The van der Waals surface area contributed by atoms with Gasteiger partial charge in [-0.15, -0.1) is 0 Å². The second kappa shape index (κ2) is 23.9. The standard InChI is InChI=1S/C30H29BrN2O3.C29H26N2O3.I3/c1-18-14-19(2)28(20(3)15-18)32-16-24(23-12-8-9-13-25(23)32)21(4)27(31)29(34)33-26(17-36-30(33)35)22-10-6-5-7-11-22;1-19-15-20(2)28(21(3)16-19)30-17-23(24-11-7-8-12-25(24)30)13-14-27(32)31-26(18-34-29(31)33)22-9-5-4-6-10-22;1-3-2/h5-16,21,26-27H,17H2,1-4H3;4-17,26H,18H2,1-3H3;/q;;-1/b;14-13+;/t21-,26-,27+;26-;/m00./s1. The Balaban J connectivity index is 0.000000185. The van der Waals surface area contributed by atoms with Crippen molar-refractivity contribution in [2.24, 2.45) is 0 Å². The third-order valence-corrected chi connectivity index (χ3v) is 14.6. The number of alkyl halides is 1. The molecule has 2 aliphatic heterocycles. The van der Waals surface area contributed by atoms with Crippen molar-refractivity contribution in [1.29, 1.82) is 0 Å². The van der Waals surface area contributed by atoms with Gasteiger partial charge in [-0.05, 0) is 98.7 Å². The second-order valence-electron chi connectivity index (χ2n) is 18.4. The summed E-state index contributed by atoms with van der Waals surface area (Å²) in [5, 5.41) is 2.12. The van der Waals surface area contributed by atoms with Gasteiger partial charge in [-0.25, -0.2) is 19.4 Å². The molecule has 0 unspecified atom stereocenters. The molecule has 2 fully saturated rings. The molecule has 10 nitrogen and oxygen atoms in total. The third kappa shape index (κ3) is 11.5. The van der Waals surface area contributed by atoms with E-state index in [1.54, 1.807) is 6.08 Å². The molecule has 0 N–H and O–H groups in total. The first-order valence-electron chi connectivity index (χ1n) is 23.8. The number of carbonyl (C=O) groups is 4. The quantitative estimate of drug-likeness (QED) is 0.0810. The molecule has 14 heteroatoms. The summed E-state index contributed by atoms with van der Waals surface area (Å²) in [6.07, 6.45) is 6.22. The maximum atomic E-state index is 13.7. The van der Waals surface area contributed by atoms with Crippen LogP contribution in [0.1, 0.15) is 80.6 Å². The van der Waals surface area contributed by atoms with Gasteiger partial charge in [-0.1, -0.05) is 155 Å². The molecule has 0 spiro atoms. The molecule has 0 aliphatic carbocycles. The van der Waals surface area contributed by atoms with E-state index in [1.807, 2.05) is 97.9 Å². The second-order valence-corrected chi connectivity index (χ2v) is 35.7. The van der Waals surface area contributed by atoms with Crippen LogP contribution in [-0.4, -0.2) is 61.0 Å². The van der Waals surface area contributed by atoms with Gasteiger partial charge in [0.2, 0.25) is 5.91 Å². The van der Waals surface area contributed by atoms with Crippen LogP contribution in [-0.2, 0) is 19.1 Å². The van der Waals surface area contributed by atoms with Crippen molar-refractivity contribution in [3.8, 4) is 11.4 Å². The van der Waals surface area contributed by atoms with Gasteiger partial charge < -0.3 is 18.6 Å². The van der Waals surface area contributed by atoms with E-state index >= 15 is 0 Å². The number of hydrogen-bond donors (Lipinski definition) is 0. The average Bonchev–Trinajstić information content (AvgIpc) is 4.16. The third-order valence-electron chi connectivity index (χ3n) is 13.4. The van der Waals surface area contributed by atoms with Crippen LogP contribution in [0.4, 0.5) is 9.59 Å². The van der Waals surface area contributed by atoms with Gasteiger partial charge in [0.1, 0.15) is 30.1 Å². The molecular weight excluding hydrogens is 1320 g/mol. The minimum absolute atomic E-state index is 0.160. The van der Waals surface area contributed by atoms with Crippen molar-refractivity contribution in [2.45, 2.75) is 71.3 Å². The SMILES string of the molecule is Cc1cc(C)c(-n2cc(/C=C/C(=O)N3C(=O)OC[C@H]3c3ccccc3)c3ccccc32)c(C)c1.Cc1cc(C)c(-n2cc([C@H](C)[C@@H](Br)C(=O)N3C(=O)OC[C@H]3c3ccccc3)c3ccccc32)c(C)c1.I[I-]I. The van der Waals surface area contributed by atoms with E-state index in [4.69, 9.17) is 9.47 Å². The van der Waals surface area contributed by atoms with Gasteiger partial charge in [0.15, 0.2) is 0 Å². The number of benzene rings is 6.